The first-order valence-electron chi connectivity index (χ1n) is 7.54. The molecular weight excluding hydrogens is 274 g/mol. The highest BCUT2D eigenvalue weighted by atomic mass is 16.2. The van der Waals surface area contributed by atoms with Crippen LogP contribution in [0.4, 0.5) is 17.1 Å². The Balaban J connectivity index is 1.61. The minimum Gasteiger partial charge on any atom is -0.378 e. The third-order valence-corrected chi connectivity index (χ3v) is 4.02. The fourth-order valence-corrected chi connectivity index (χ4v) is 2.75. The molecule has 0 spiro atoms. The fourth-order valence-electron chi connectivity index (χ4n) is 2.75. The third-order valence-electron chi connectivity index (χ3n) is 4.02. The normalized spacial score (nSPS) is 12.9. The molecule has 0 saturated carbocycles. The van der Waals surface area contributed by atoms with E-state index in [1.165, 1.54) is 5.56 Å². The van der Waals surface area contributed by atoms with Crippen molar-refractivity contribution in [1.82, 2.24) is 0 Å². The highest BCUT2D eigenvalue weighted by Crippen LogP contribution is 2.27. The van der Waals surface area contributed by atoms with Crippen LogP contribution in [-0.4, -0.2) is 33.1 Å². The zero-order valence-corrected chi connectivity index (χ0v) is 13.0. The molecule has 4 nitrogen and oxygen atoms in total. The molecule has 2 aromatic rings. The lowest BCUT2D eigenvalue weighted by Gasteiger charge is -2.18. The maximum atomic E-state index is 12.4. The number of amides is 1. The second-order valence-corrected chi connectivity index (χ2v) is 5.72. The predicted octanol–water partition coefficient (Wildman–Crippen LogP) is 2.75. The molecule has 0 bridgehead atoms. The van der Waals surface area contributed by atoms with Gasteiger partial charge in [-0.1, -0.05) is 18.2 Å². The number of hydrogen-bond donors (Lipinski definition) is 1. The zero-order chi connectivity index (χ0) is 15.5. The van der Waals surface area contributed by atoms with Gasteiger partial charge in [0.25, 0.3) is 0 Å². The van der Waals surface area contributed by atoms with Gasteiger partial charge in [-0.25, -0.2) is 0 Å². The summed E-state index contributed by atoms with van der Waals surface area (Å²) in [5.41, 5.74) is 4.42. The van der Waals surface area contributed by atoms with E-state index in [9.17, 15) is 4.79 Å². The molecule has 0 aliphatic carbocycles. The fraction of sp³-hybridized carbons (Fsp3) is 0.278. The summed E-state index contributed by atoms with van der Waals surface area (Å²) in [4.78, 5) is 16.3. The van der Waals surface area contributed by atoms with Crippen LogP contribution >= 0.6 is 0 Å². The molecule has 1 heterocycles. The van der Waals surface area contributed by atoms with Gasteiger partial charge in [-0.15, -0.1) is 0 Å². The summed E-state index contributed by atoms with van der Waals surface area (Å²) < 4.78 is 0. The quantitative estimate of drug-likeness (QED) is 0.942. The molecule has 3 rings (SSSR count). The van der Waals surface area contributed by atoms with Crippen LogP contribution in [0.25, 0.3) is 0 Å². The van der Waals surface area contributed by atoms with Crippen molar-refractivity contribution >= 4 is 23.0 Å². The Morgan fingerprint density at radius 3 is 2.59 bits per heavy atom. The number of rotatable bonds is 4. The number of para-hydroxylation sites is 1. The number of nitrogens with zero attached hydrogens (tertiary/aromatic N) is 2. The van der Waals surface area contributed by atoms with Crippen molar-refractivity contribution in [3.8, 4) is 0 Å². The van der Waals surface area contributed by atoms with Crippen LogP contribution in [0.2, 0.25) is 0 Å². The summed E-state index contributed by atoms with van der Waals surface area (Å²) in [6.07, 6.45) is 0.944. The molecule has 1 aliphatic rings. The molecule has 0 atom stereocenters. The summed E-state index contributed by atoms with van der Waals surface area (Å²) in [7, 11) is 4.02. The standard InChI is InChI=1S/C18H21N3O/c1-20(2)16-9-7-15(8-10-16)19-13-18(22)21-12-11-14-5-3-4-6-17(14)21/h3-10,19H,11-13H2,1-2H3. The van der Waals surface area contributed by atoms with E-state index < -0.39 is 0 Å². The Bertz CT molecular complexity index is 664. The third kappa shape index (κ3) is 2.91. The lowest BCUT2D eigenvalue weighted by molar-refractivity contribution is -0.116. The largest absolute Gasteiger partial charge is 0.378 e. The van der Waals surface area contributed by atoms with E-state index in [1.54, 1.807) is 0 Å². The number of benzene rings is 2. The number of hydrogen-bond acceptors (Lipinski definition) is 3. The Morgan fingerprint density at radius 1 is 1.14 bits per heavy atom. The van der Waals surface area contributed by atoms with Gasteiger partial charge in [-0.3, -0.25) is 4.79 Å². The maximum Gasteiger partial charge on any atom is 0.246 e. The molecule has 0 fully saturated rings. The lowest BCUT2D eigenvalue weighted by Crippen LogP contribution is -2.34. The molecule has 22 heavy (non-hydrogen) atoms. The Hall–Kier alpha value is -2.49. The van der Waals surface area contributed by atoms with Crippen molar-refractivity contribution in [1.29, 1.82) is 0 Å². The van der Waals surface area contributed by atoms with Crippen LogP contribution in [0.3, 0.4) is 0 Å². The number of carbonyl (C=O) groups is 1. The van der Waals surface area contributed by atoms with E-state index in [4.69, 9.17) is 0 Å². The molecule has 0 saturated heterocycles. The van der Waals surface area contributed by atoms with Crippen molar-refractivity contribution in [2.24, 2.45) is 0 Å². The Labute approximate surface area is 131 Å². The molecule has 0 radical (unpaired) electrons. The van der Waals surface area contributed by atoms with Crippen LogP contribution in [0, 0.1) is 0 Å². The van der Waals surface area contributed by atoms with Gasteiger partial charge in [0.15, 0.2) is 0 Å². The highest BCUT2D eigenvalue weighted by molar-refractivity contribution is 5.98. The first-order valence-corrected chi connectivity index (χ1v) is 7.54. The van der Waals surface area contributed by atoms with Gasteiger partial charge >= 0.3 is 0 Å². The van der Waals surface area contributed by atoms with Crippen LogP contribution in [0.15, 0.2) is 48.5 Å². The van der Waals surface area contributed by atoms with Crippen molar-refractivity contribution < 1.29 is 4.79 Å². The summed E-state index contributed by atoms with van der Waals surface area (Å²) in [5, 5.41) is 3.21. The molecule has 2 aromatic carbocycles. The van der Waals surface area contributed by atoms with E-state index in [-0.39, 0.29) is 5.91 Å². The Morgan fingerprint density at radius 2 is 1.86 bits per heavy atom. The molecule has 1 aliphatic heterocycles. The molecule has 0 unspecified atom stereocenters. The van der Waals surface area contributed by atoms with Gasteiger partial charge in [0.2, 0.25) is 5.91 Å². The van der Waals surface area contributed by atoms with Gasteiger partial charge in [0.1, 0.15) is 0 Å². The number of anilines is 3. The van der Waals surface area contributed by atoms with Crippen molar-refractivity contribution in [3.05, 3.63) is 54.1 Å². The molecule has 1 amide bonds. The van der Waals surface area contributed by atoms with Crippen molar-refractivity contribution in [3.63, 3.8) is 0 Å². The topological polar surface area (TPSA) is 35.6 Å². The molecule has 0 aromatic heterocycles. The van der Waals surface area contributed by atoms with Crippen LogP contribution in [0.1, 0.15) is 5.56 Å². The van der Waals surface area contributed by atoms with Gasteiger partial charge in [-0.05, 0) is 42.3 Å². The van der Waals surface area contributed by atoms with Crippen LogP contribution in [0.5, 0.6) is 0 Å². The van der Waals surface area contributed by atoms with E-state index in [2.05, 4.69) is 16.3 Å². The minimum atomic E-state index is 0.113. The monoisotopic (exact) mass is 295 g/mol. The van der Waals surface area contributed by atoms with Gasteiger partial charge in [-0.2, -0.15) is 0 Å². The summed E-state index contributed by atoms with van der Waals surface area (Å²) in [6.45, 7) is 1.09. The van der Waals surface area contributed by atoms with Gasteiger partial charge in [0, 0.05) is 37.7 Å². The average Bonchev–Trinajstić information content (AvgIpc) is 2.97. The number of fused-ring (bicyclic) bond motifs is 1. The lowest BCUT2D eigenvalue weighted by atomic mass is 10.2. The van der Waals surface area contributed by atoms with E-state index in [0.717, 1.165) is 30.0 Å². The predicted molar refractivity (Wildman–Crippen MR) is 91.8 cm³/mol. The Kier molecular flexibility index (Phi) is 4.00. The minimum absolute atomic E-state index is 0.113. The van der Waals surface area contributed by atoms with Gasteiger partial charge < -0.3 is 15.1 Å². The molecule has 1 N–H and O–H groups in total. The van der Waals surface area contributed by atoms with Crippen molar-refractivity contribution in [2.75, 3.05) is 42.3 Å². The second kappa shape index (κ2) is 6.10. The van der Waals surface area contributed by atoms with Gasteiger partial charge in [0.05, 0.1) is 6.54 Å². The molecule has 114 valence electrons. The van der Waals surface area contributed by atoms with E-state index in [1.807, 2.05) is 61.5 Å². The molecule has 4 heteroatoms. The van der Waals surface area contributed by atoms with Crippen LogP contribution in [-0.2, 0) is 11.2 Å². The smallest absolute Gasteiger partial charge is 0.246 e. The first-order chi connectivity index (χ1) is 10.6. The summed E-state index contributed by atoms with van der Waals surface area (Å²) in [6, 6.07) is 16.2. The molecular formula is C18H21N3O. The number of nitrogens with one attached hydrogen (secondary N) is 1. The summed E-state index contributed by atoms with van der Waals surface area (Å²) in [5.74, 6) is 0.113. The highest BCUT2D eigenvalue weighted by Gasteiger charge is 2.23. The SMILES string of the molecule is CN(C)c1ccc(NCC(=O)N2CCc3ccccc32)cc1. The number of carbonyl (C=O) groups excluding carboxylic acids is 1. The summed E-state index contributed by atoms with van der Waals surface area (Å²) >= 11 is 0. The van der Waals surface area contributed by atoms with E-state index >= 15 is 0 Å². The van der Waals surface area contributed by atoms with E-state index in [0.29, 0.717) is 6.54 Å². The zero-order valence-electron chi connectivity index (χ0n) is 13.0. The second-order valence-electron chi connectivity index (χ2n) is 5.72. The average molecular weight is 295 g/mol. The first kappa shape index (κ1) is 14.4. The maximum absolute atomic E-state index is 12.4. The van der Waals surface area contributed by atoms with Crippen molar-refractivity contribution in [2.45, 2.75) is 6.42 Å². The van der Waals surface area contributed by atoms with Crippen LogP contribution < -0.4 is 15.1 Å².